The Morgan fingerprint density at radius 3 is 2.83 bits per heavy atom. The molecule has 1 heterocycles. The zero-order valence-electron chi connectivity index (χ0n) is 8.64. The normalized spacial score (nSPS) is 26.5. The largest absolute Gasteiger partial charge is 0.312 e. The molecule has 2 heteroatoms. The van der Waals surface area contributed by atoms with Crippen LogP contribution in [0, 0.1) is 5.92 Å². The van der Waals surface area contributed by atoms with Crippen LogP contribution in [0.2, 0.25) is 0 Å². The standard InChI is InChI=1S/C10H22N2/c1-9(2)7-11-10-5-4-6-12(3)8-10/h9-11H,4-8H2,1-3H3. The van der Waals surface area contributed by atoms with E-state index in [1.807, 2.05) is 0 Å². The average Bonchev–Trinajstić information content (AvgIpc) is 2.01. The van der Waals surface area contributed by atoms with Crippen molar-refractivity contribution < 1.29 is 0 Å². The predicted octanol–water partition coefficient (Wildman–Crippen LogP) is 1.33. The van der Waals surface area contributed by atoms with Gasteiger partial charge in [-0.25, -0.2) is 0 Å². The first kappa shape index (κ1) is 10.0. The fourth-order valence-corrected chi connectivity index (χ4v) is 1.74. The van der Waals surface area contributed by atoms with Crippen LogP contribution < -0.4 is 5.32 Å². The molecule has 0 aromatic carbocycles. The summed E-state index contributed by atoms with van der Waals surface area (Å²) in [5, 5.41) is 3.61. The topological polar surface area (TPSA) is 15.3 Å². The van der Waals surface area contributed by atoms with Gasteiger partial charge >= 0.3 is 0 Å². The first-order chi connectivity index (χ1) is 5.68. The minimum Gasteiger partial charge on any atom is -0.312 e. The quantitative estimate of drug-likeness (QED) is 0.687. The van der Waals surface area contributed by atoms with Gasteiger partial charge in [-0.1, -0.05) is 13.8 Å². The average molecular weight is 170 g/mol. The van der Waals surface area contributed by atoms with Gasteiger partial charge in [0.25, 0.3) is 0 Å². The van der Waals surface area contributed by atoms with Crippen molar-refractivity contribution in [3.8, 4) is 0 Å². The lowest BCUT2D eigenvalue weighted by Gasteiger charge is -2.30. The zero-order valence-corrected chi connectivity index (χ0v) is 8.64. The van der Waals surface area contributed by atoms with Gasteiger partial charge in [-0.2, -0.15) is 0 Å². The lowest BCUT2D eigenvalue weighted by Crippen LogP contribution is -2.44. The highest BCUT2D eigenvalue weighted by molar-refractivity contribution is 4.76. The summed E-state index contributed by atoms with van der Waals surface area (Å²) in [5.41, 5.74) is 0. The molecule has 1 aliphatic heterocycles. The van der Waals surface area contributed by atoms with Crippen LogP contribution in [-0.4, -0.2) is 37.6 Å². The van der Waals surface area contributed by atoms with Crippen molar-refractivity contribution >= 4 is 0 Å². The van der Waals surface area contributed by atoms with E-state index in [-0.39, 0.29) is 0 Å². The van der Waals surface area contributed by atoms with E-state index in [9.17, 15) is 0 Å². The number of piperidine rings is 1. The van der Waals surface area contributed by atoms with E-state index in [1.54, 1.807) is 0 Å². The first-order valence-electron chi connectivity index (χ1n) is 5.10. The minimum atomic E-state index is 0.742. The third-order valence-electron chi connectivity index (χ3n) is 2.44. The molecule has 0 radical (unpaired) electrons. The molecular formula is C10H22N2. The monoisotopic (exact) mass is 170 g/mol. The molecule has 1 N–H and O–H groups in total. The predicted molar refractivity (Wildman–Crippen MR) is 53.4 cm³/mol. The van der Waals surface area contributed by atoms with Gasteiger partial charge in [0.15, 0.2) is 0 Å². The highest BCUT2D eigenvalue weighted by Gasteiger charge is 2.15. The summed E-state index contributed by atoms with van der Waals surface area (Å²) in [6, 6.07) is 0.742. The molecule has 1 fully saturated rings. The number of likely N-dealkylation sites (N-methyl/N-ethyl adjacent to an activating group) is 1. The zero-order chi connectivity index (χ0) is 8.97. The number of likely N-dealkylation sites (tertiary alicyclic amines) is 1. The molecule has 1 unspecified atom stereocenters. The highest BCUT2D eigenvalue weighted by Crippen LogP contribution is 2.07. The molecule has 72 valence electrons. The molecule has 0 spiro atoms. The Balaban J connectivity index is 2.14. The summed E-state index contributed by atoms with van der Waals surface area (Å²) in [5.74, 6) is 0.775. The molecule has 0 aromatic heterocycles. The summed E-state index contributed by atoms with van der Waals surface area (Å²) < 4.78 is 0. The van der Waals surface area contributed by atoms with Crippen LogP contribution >= 0.6 is 0 Å². The van der Waals surface area contributed by atoms with E-state index in [4.69, 9.17) is 0 Å². The van der Waals surface area contributed by atoms with Crippen molar-refractivity contribution in [3.05, 3.63) is 0 Å². The van der Waals surface area contributed by atoms with Crippen molar-refractivity contribution in [3.63, 3.8) is 0 Å². The molecule has 0 saturated carbocycles. The van der Waals surface area contributed by atoms with E-state index in [0.29, 0.717) is 0 Å². The van der Waals surface area contributed by atoms with Crippen LogP contribution in [0.3, 0.4) is 0 Å². The maximum Gasteiger partial charge on any atom is 0.0195 e. The van der Waals surface area contributed by atoms with Crippen LogP contribution in [0.25, 0.3) is 0 Å². The highest BCUT2D eigenvalue weighted by atomic mass is 15.1. The van der Waals surface area contributed by atoms with Crippen molar-refractivity contribution in [2.75, 3.05) is 26.7 Å². The van der Waals surface area contributed by atoms with E-state index >= 15 is 0 Å². The summed E-state index contributed by atoms with van der Waals surface area (Å²) >= 11 is 0. The Labute approximate surface area is 76.3 Å². The van der Waals surface area contributed by atoms with Crippen LogP contribution in [0.15, 0.2) is 0 Å². The Kier molecular flexibility index (Phi) is 4.02. The van der Waals surface area contributed by atoms with Gasteiger partial charge in [-0.15, -0.1) is 0 Å². The second kappa shape index (κ2) is 4.83. The van der Waals surface area contributed by atoms with Gasteiger partial charge in [-0.05, 0) is 38.9 Å². The Bertz CT molecular complexity index is 123. The molecule has 0 aromatic rings. The fourth-order valence-electron chi connectivity index (χ4n) is 1.74. The second-order valence-electron chi connectivity index (χ2n) is 4.40. The summed E-state index contributed by atoms with van der Waals surface area (Å²) in [6.07, 6.45) is 2.71. The van der Waals surface area contributed by atoms with E-state index in [1.165, 1.54) is 32.5 Å². The maximum absolute atomic E-state index is 3.61. The van der Waals surface area contributed by atoms with E-state index in [2.05, 4.69) is 31.1 Å². The smallest absolute Gasteiger partial charge is 0.0195 e. The molecule has 1 aliphatic rings. The maximum atomic E-state index is 3.61. The lowest BCUT2D eigenvalue weighted by atomic mass is 10.1. The Morgan fingerprint density at radius 1 is 1.50 bits per heavy atom. The third-order valence-corrected chi connectivity index (χ3v) is 2.44. The van der Waals surface area contributed by atoms with E-state index < -0.39 is 0 Å². The molecule has 1 rings (SSSR count). The number of hydrogen-bond acceptors (Lipinski definition) is 2. The first-order valence-corrected chi connectivity index (χ1v) is 5.10. The van der Waals surface area contributed by atoms with Gasteiger partial charge in [0.2, 0.25) is 0 Å². The van der Waals surface area contributed by atoms with Crippen LogP contribution in [0.1, 0.15) is 26.7 Å². The van der Waals surface area contributed by atoms with Crippen LogP contribution in [0.4, 0.5) is 0 Å². The fraction of sp³-hybridized carbons (Fsp3) is 1.00. The van der Waals surface area contributed by atoms with Gasteiger partial charge in [-0.3, -0.25) is 0 Å². The summed E-state index contributed by atoms with van der Waals surface area (Å²) in [7, 11) is 2.21. The molecular weight excluding hydrogens is 148 g/mol. The van der Waals surface area contributed by atoms with Crippen molar-refractivity contribution in [2.24, 2.45) is 5.92 Å². The van der Waals surface area contributed by atoms with Gasteiger partial charge in [0, 0.05) is 12.6 Å². The van der Waals surface area contributed by atoms with Crippen molar-refractivity contribution in [1.82, 2.24) is 10.2 Å². The molecule has 1 saturated heterocycles. The lowest BCUT2D eigenvalue weighted by molar-refractivity contribution is 0.224. The Hall–Kier alpha value is -0.0800. The summed E-state index contributed by atoms with van der Waals surface area (Å²) in [6.45, 7) is 8.20. The van der Waals surface area contributed by atoms with Gasteiger partial charge in [0.05, 0.1) is 0 Å². The third kappa shape index (κ3) is 3.55. The SMILES string of the molecule is CC(C)CNC1CCCN(C)C1. The molecule has 2 nitrogen and oxygen atoms in total. The molecule has 12 heavy (non-hydrogen) atoms. The van der Waals surface area contributed by atoms with Crippen LogP contribution in [-0.2, 0) is 0 Å². The second-order valence-corrected chi connectivity index (χ2v) is 4.40. The number of nitrogens with one attached hydrogen (secondary N) is 1. The molecule has 0 aliphatic carbocycles. The van der Waals surface area contributed by atoms with Crippen molar-refractivity contribution in [1.29, 1.82) is 0 Å². The van der Waals surface area contributed by atoms with E-state index in [0.717, 1.165) is 12.0 Å². The van der Waals surface area contributed by atoms with Crippen molar-refractivity contribution in [2.45, 2.75) is 32.7 Å². The van der Waals surface area contributed by atoms with Gasteiger partial charge in [0.1, 0.15) is 0 Å². The van der Waals surface area contributed by atoms with Gasteiger partial charge < -0.3 is 10.2 Å². The number of hydrogen-bond donors (Lipinski definition) is 1. The molecule has 0 bridgehead atoms. The molecule has 1 atom stereocenters. The summed E-state index contributed by atoms with van der Waals surface area (Å²) in [4.78, 5) is 2.42. The minimum absolute atomic E-state index is 0.742. The Morgan fingerprint density at radius 2 is 2.25 bits per heavy atom. The number of rotatable bonds is 3. The molecule has 0 amide bonds. The van der Waals surface area contributed by atoms with Crippen LogP contribution in [0.5, 0.6) is 0 Å². The number of nitrogens with zero attached hydrogens (tertiary/aromatic N) is 1.